The van der Waals surface area contributed by atoms with Crippen LogP contribution in [0.15, 0.2) is 30.3 Å². The van der Waals surface area contributed by atoms with Crippen LogP contribution in [0.3, 0.4) is 0 Å². The molecule has 0 unspecified atom stereocenters. The normalized spacial score (nSPS) is 14.1. The predicted molar refractivity (Wildman–Crippen MR) is 105 cm³/mol. The van der Waals surface area contributed by atoms with Gasteiger partial charge in [0.05, 0.1) is 12.0 Å². The summed E-state index contributed by atoms with van der Waals surface area (Å²) < 4.78 is 38.2. The van der Waals surface area contributed by atoms with E-state index in [-0.39, 0.29) is 12.3 Å². The van der Waals surface area contributed by atoms with Crippen LogP contribution in [0.1, 0.15) is 29.7 Å². The molecule has 0 radical (unpaired) electrons. The van der Waals surface area contributed by atoms with E-state index in [4.69, 9.17) is 0 Å². The van der Waals surface area contributed by atoms with E-state index in [0.29, 0.717) is 24.6 Å². The third-order valence-corrected chi connectivity index (χ3v) is 4.62. The minimum atomic E-state index is -4.42. The van der Waals surface area contributed by atoms with E-state index >= 15 is 0 Å². The Kier molecular flexibility index (Phi) is 6.56. The molecule has 0 atom stereocenters. The fourth-order valence-electron chi connectivity index (χ4n) is 3.22. The summed E-state index contributed by atoms with van der Waals surface area (Å²) in [7, 11) is 0. The SMILES string of the molecule is Cc1cc(N2CCCC2)nc(NCCNC(=O)Cc2cccc(C(F)(F)F)c2)n1. The summed E-state index contributed by atoms with van der Waals surface area (Å²) in [5, 5.41) is 5.78. The molecule has 0 bridgehead atoms. The number of benzene rings is 1. The molecule has 0 spiro atoms. The van der Waals surface area contributed by atoms with Gasteiger partial charge in [0.15, 0.2) is 0 Å². The average molecular weight is 407 g/mol. The lowest BCUT2D eigenvalue weighted by Crippen LogP contribution is -2.30. The number of hydrogen-bond acceptors (Lipinski definition) is 5. The molecule has 1 aliphatic rings. The molecule has 2 heterocycles. The van der Waals surface area contributed by atoms with Crippen molar-refractivity contribution in [3.8, 4) is 0 Å². The van der Waals surface area contributed by atoms with Gasteiger partial charge in [-0.3, -0.25) is 4.79 Å². The average Bonchev–Trinajstić information content (AvgIpc) is 3.19. The molecule has 0 saturated carbocycles. The molecule has 29 heavy (non-hydrogen) atoms. The molecule has 1 amide bonds. The third kappa shape index (κ3) is 6.07. The number of anilines is 2. The predicted octanol–water partition coefficient (Wildman–Crippen LogP) is 3.17. The van der Waals surface area contributed by atoms with E-state index in [9.17, 15) is 18.0 Å². The van der Waals surface area contributed by atoms with Gasteiger partial charge in [0.1, 0.15) is 5.82 Å². The van der Waals surface area contributed by atoms with Gasteiger partial charge < -0.3 is 15.5 Å². The Morgan fingerprint density at radius 1 is 1.14 bits per heavy atom. The molecule has 6 nitrogen and oxygen atoms in total. The molecule has 2 N–H and O–H groups in total. The number of alkyl halides is 3. The van der Waals surface area contributed by atoms with Crippen LogP contribution >= 0.6 is 0 Å². The van der Waals surface area contributed by atoms with Crippen molar-refractivity contribution in [2.45, 2.75) is 32.4 Å². The topological polar surface area (TPSA) is 70.2 Å². The summed E-state index contributed by atoms with van der Waals surface area (Å²) in [4.78, 5) is 23.1. The van der Waals surface area contributed by atoms with Crippen LogP contribution in [0, 0.1) is 6.92 Å². The fourth-order valence-corrected chi connectivity index (χ4v) is 3.22. The number of carbonyl (C=O) groups excluding carboxylic acids is 1. The van der Waals surface area contributed by atoms with E-state index in [1.807, 2.05) is 13.0 Å². The number of rotatable bonds is 7. The zero-order chi connectivity index (χ0) is 20.9. The number of amides is 1. The molecular formula is C20H24F3N5O. The number of aromatic nitrogens is 2. The number of nitrogens with zero attached hydrogens (tertiary/aromatic N) is 3. The van der Waals surface area contributed by atoms with Gasteiger partial charge in [-0.15, -0.1) is 0 Å². The van der Waals surface area contributed by atoms with Crippen LogP contribution in [0.5, 0.6) is 0 Å². The van der Waals surface area contributed by atoms with E-state index in [1.165, 1.54) is 12.1 Å². The van der Waals surface area contributed by atoms with Crippen molar-refractivity contribution in [3.63, 3.8) is 0 Å². The van der Waals surface area contributed by atoms with Crippen LogP contribution in [-0.4, -0.2) is 42.1 Å². The highest BCUT2D eigenvalue weighted by molar-refractivity contribution is 5.78. The Labute approximate surface area is 167 Å². The maximum Gasteiger partial charge on any atom is 0.416 e. The maximum absolute atomic E-state index is 12.7. The van der Waals surface area contributed by atoms with Gasteiger partial charge in [-0.05, 0) is 31.4 Å². The molecule has 9 heteroatoms. The largest absolute Gasteiger partial charge is 0.416 e. The highest BCUT2D eigenvalue weighted by Crippen LogP contribution is 2.29. The van der Waals surface area contributed by atoms with Crippen LogP contribution < -0.4 is 15.5 Å². The molecule has 1 fully saturated rings. The molecule has 1 aromatic heterocycles. The maximum atomic E-state index is 12.7. The van der Waals surface area contributed by atoms with Gasteiger partial charge in [0, 0.05) is 37.9 Å². The highest BCUT2D eigenvalue weighted by atomic mass is 19.4. The molecule has 1 saturated heterocycles. The first-order valence-electron chi connectivity index (χ1n) is 9.58. The Hall–Kier alpha value is -2.84. The molecule has 3 rings (SSSR count). The third-order valence-electron chi connectivity index (χ3n) is 4.62. The van der Waals surface area contributed by atoms with Crippen LogP contribution in [0.4, 0.5) is 24.9 Å². The quantitative estimate of drug-likeness (QED) is 0.690. The van der Waals surface area contributed by atoms with Gasteiger partial charge in [-0.2, -0.15) is 18.2 Å². The molecule has 2 aromatic rings. The fraction of sp³-hybridized carbons (Fsp3) is 0.450. The lowest BCUT2D eigenvalue weighted by Gasteiger charge is -2.17. The second kappa shape index (κ2) is 9.11. The molecule has 1 aliphatic heterocycles. The zero-order valence-electron chi connectivity index (χ0n) is 16.2. The van der Waals surface area contributed by atoms with Gasteiger partial charge in [0.2, 0.25) is 11.9 Å². The van der Waals surface area contributed by atoms with E-state index in [2.05, 4.69) is 25.5 Å². The van der Waals surface area contributed by atoms with Crippen molar-refractivity contribution in [3.05, 3.63) is 47.2 Å². The minimum Gasteiger partial charge on any atom is -0.356 e. The summed E-state index contributed by atoms with van der Waals surface area (Å²) >= 11 is 0. The van der Waals surface area contributed by atoms with Crippen LogP contribution in [0.25, 0.3) is 0 Å². The monoisotopic (exact) mass is 407 g/mol. The number of nitrogens with one attached hydrogen (secondary N) is 2. The first-order chi connectivity index (χ1) is 13.8. The Bertz CT molecular complexity index is 850. The summed E-state index contributed by atoms with van der Waals surface area (Å²) in [6, 6.07) is 6.75. The highest BCUT2D eigenvalue weighted by Gasteiger charge is 2.30. The summed E-state index contributed by atoms with van der Waals surface area (Å²) in [5.41, 5.74) is 0.426. The lowest BCUT2D eigenvalue weighted by molar-refractivity contribution is -0.137. The first kappa shape index (κ1) is 20.9. The van der Waals surface area contributed by atoms with Gasteiger partial charge in [0.25, 0.3) is 0 Å². The van der Waals surface area contributed by atoms with Crippen molar-refractivity contribution in [1.29, 1.82) is 0 Å². The van der Waals surface area contributed by atoms with Crippen molar-refractivity contribution in [2.24, 2.45) is 0 Å². The standard InChI is InChI=1S/C20H24F3N5O/c1-14-11-17(28-9-2-3-10-28)27-19(26-14)25-8-7-24-18(29)13-15-5-4-6-16(12-15)20(21,22)23/h4-6,11-12H,2-3,7-10,13H2,1H3,(H,24,29)(H,25,26,27). The molecule has 0 aliphatic carbocycles. The molecular weight excluding hydrogens is 383 g/mol. The van der Waals surface area contributed by atoms with Gasteiger partial charge in [-0.1, -0.05) is 18.2 Å². The number of halogens is 3. The van der Waals surface area contributed by atoms with Crippen LogP contribution in [-0.2, 0) is 17.4 Å². The zero-order valence-corrected chi connectivity index (χ0v) is 16.2. The summed E-state index contributed by atoms with van der Waals surface area (Å²) in [6.07, 6.45) is -2.21. The van der Waals surface area contributed by atoms with E-state index < -0.39 is 11.7 Å². The Balaban J connectivity index is 1.46. The lowest BCUT2D eigenvalue weighted by atomic mass is 10.1. The van der Waals surface area contributed by atoms with E-state index in [0.717, 1.165) is 49.6 Å². The van der Waals surface area contributed by atoms with Gasteiger partial charge >= 0.3 is 6.18 Å². The van der Waals surface area contributed by atoms with Crippen molar-refractivity contribution in [1.82, 2.24) is 15.3 Å². The van der Waals surface area contributed by atoms with Crippen molar-refractivity contribution < 1.29 is 18.0 Å². The van der Waals surface area contributed by atoms with Crippen molar-refractivity contribution >= 4 is 17.7 Å². The number of hydrogen-bond donors (Lipinski definition) is 2. The minimum absolute atomic E-state index is 0.107. The second-order valence-electron chi connectivity index (χ2n) is 7.04. The molecule has 1 aromatic carbocycles. The second-order valence-corrected chi connectivity index (χ2v) is 7.04. The van der Waals surface area contributed by atoms with E-state index in [1.54, 1.807) is 0 Å². The Morgan fingerprint density at radius 2 is 1.90 bits per heavy atom. The summed E-state index contributed by atoms with van der Waals surface area (Å²) in [6.45, 7) is 4.61. The van der Waals surface area contributed by atoms with Gasteiger partial charge in [-0.25, -0.2) is 4.98 Å². The van der Waals surface area contributed by atoms with Crippen LogP contribution in [0.2, 0.25) is 0 Å². The number of carbonyl (C=O) groups is 1. The first-order valence-corrected chi connectivity index (χ1v) is 9.58. The Morgan fingerprint density at radius 3 is 2.62 bits per heavy atom. The summed E-state index contributed by atoms with van der Waals surface area (Å²) in [5.74, 6) is 1.05. The number of aryl methyl sites for hydroxylation is 1. The smallest absolute Gasteiger partial charge is 0.356 e. The molecule has 156 valence electrons. The van der Waals surface area contributed by atoms with Crippen molar-refractivity contribution in [2.75, 3.05) is 36.4 Å².